The fourth-order valence-corrected chi connectivity index (χ4v) is 5.36. The lowest BCUT2D eigenvalue weighted by atomic mass is 9.70. The number of benzene rings is 1. The minimum atomic E-state index is -0.657. The van der Waals surface area contributed by atoms with E-state index in [2.05, 4.69) is 10.6 Å². The molecule has 0 saturated carbocycles. The highest BCUT2D eigenvalue weighted by molar-refractivity contribution is 6.02. The van der Waals surface area contributed by atoms with Crippen molar-refractivity contribution in [1.82, 2.24) is 10.2 Å². The third-order valence-corrected chi connectivity index (χ3v) is 7.13. The Morgan fingerprint density at radius 2 is 1.70 bits per heavy atom. The van der Waals surface area contributed by atoms with Gasteiger partial charge in [-0.05, 0) is 43.7 Å². The summed E-state index contributed by atoms with van der Waals surface area (Å²) in [4.78, 5) is 41.7. The zero-order valence-corrected chi connectivity index (χ0v) is 20.1. The van der Waals surface area contributed by atoms with Crippen LogP contribution in [0, 0.1) is 37.5 Å². The quantitative estimate of drug-likeness (QED) is 0.394. The molecule has 2 aliphatic rings. The van der Waals surface area contributed by atoms with Crippen LogP contribution in [0.25, 0.3) is 0 Å². The van der Waals surface area contributed by atoms with E-state index >= 15 is 0 Å². The first kappa shape index (κ1) is 25.0. The highest BCUT2D eigenvalue weighted by Crippen LogP contribution is 2.44. The molecule has 0 radical (unpaired) electrons. The molecule has 7 nitrogen and oxygen atoms in total. The monoisotopic (exact) mass is 455 g/mol. The Balaban J connectivity index is 1.91. The van der Waals surface area contributed by atoms with Crippen LogP contribution in [0.4, 0.5) is 5.69 Å². The van der Waals surface area contributed by atoms with Crippen molar-refractivity contribution in [3.8, 4) is 0 Å². The van der Waals surface area contributed by atoms with Crippen molar-refractivity contribution < 1.29 is 19.5 Å². The number of carbonyl (C=O) groups excluding carboxylic acids is 3. The van der Waals surface area contributed by atoms with Gasteiger partial charge in [0, 0.05) is 31.8 Å². The summed E-state index contributed by atoms with van der Waals surface area (Å²) in [7, 11) is 1.59. The summed E-state index contributed by atoms with van der Waals surface area (Å²) in [5.41, 5.74) is 2.71. The van der Waals surface area contributed by atoms with E-state index in [0.717, 1.165) is 42.5 Å². The summed E-state index contributed by atoms with van der Waals surface area (Å²) in [6, 6.07) is 5.20. The van der Waals surface area contributed by atoms with E-state index in [4.69, 9.17) is 5.11 Å². The predicted octanol–water partition coefficient (Wildman–Crippen LogP) is 2.81. The summed E-state index contributed by atoms with van der Waals surface area (Å²) in [5, 5.41) is 14.8. The number of nitrogens with zero attached hydrogens (tertiary/aromatic N) is 1. The van der Waals surface area contributed by atoms with Crippen LogP contribution in [0.3, 0.4) is 0 Å². The first-order chi connectivity index (χ1) is 15.8. The lowest BCUT2D eigenvalue weighted by molar-refractivity contribution is -0.140. The van der Waals surface area contributed by atoms with E-state index in [1.54, 1.807) is 11.9 Å². The van der Waals surface area contributed by atoms with Gasteiger partial charge < -0.3 is 20.6 Å². The van der Waals surface area contributed by atoms with Gasteiger partial charge in [0.1, 0.15) is 6.04 Å². The maximum atomic E-state index is 13.6. The summed E-state index contributed by atoms with van der Waals surface area (Å²) >= 11 is 0. The number of unbranched alkanes of at least 4 members (excludes halogenated alkanes) is 3. The molecule has 1 aliphatic carbocycles. The second-order valence-electron chi connectivity index (χ2n) is 9.36. The molecule has 1 aliphatic heterocycles. The molecule has 0 aromatic heterocycles. The molecule has 33 heavy (non-hydrogen) atoms. The van der Waals surface area contributed by atoms with Crippen LogP contribution in [0.15, 0.2) is 30.4 Å². The largest absolute Gasteiger partial charge is 0.396 e. The number of allylic oxidation sites excluding steroid dienone is 1. The van der Waals surface area contributed by atoms with Gasteiger partial charge in [-0.15, -0.1) is 0 Å². The molecule has 0 unspecified atom stereocenters. The number of rotatable bonds is 9. The Kier molecular flexibility index (Phi) is 8.30. The number of aryl methyl sites for hydroxylation is 2. The number of anilines is 1. The van der Waals surface area contributed by atoms with Crippen molar-refractivity contribution in [2.75, 3.05) is 25.5 Å². The van der Waals surface area contributed by atoms with E-state index in [1.165, 1.54) is 0 Å². The van der Waals surface area contributed by atoms with Crippen molar-refractivity contribution in [2.24, 2.45) is 23.7 Å². The van der Waals surface area contributed by atoms with Crippen LogP contribution >= 0.6 is 0 Å². The van der Waals surface area contributed by atoms with E-state index in [-0.39, 0.29) is 36.2 Å². The molecular weight excluding hydrogens is 418 g/mol. The Morgan fingerprint density at radius 1 is 1.03 bits per heavy atom. The number of hydrogen-bond donors (Lipinski definition) is 3. The fraction of sp³-hybridized carbons (Fsp3) is 0.577. The highest BCUT2D eigenvalue weighted by Gasteiger charge is 2.56. The van der Waals surface area contributed by atoms with E-state index in [9.17, 15) is 14.4 Å². The molecule has 3 amide bonds. The third-order valence-electron chi connectivity index (χ3n) is 7.13. The lowest BCUT2D eigenvalue weighted by Gasteiger charge is -2.32. The molecule has 3 N–H and O–H groups in total. The maximum Gasteiger partial charge on any atom is 0.247 e. The smallest absolute Gasteiger partial charge is 0.247 e. The standard InChI is InChI=1S/C26H37N3O4/c1-16-12-13-19-21(20(16)24(31)27-4)26(33)29(14-7-5-6-8-15-30)23(19)25(32)28-22-17(2)10-9-11-18(22)3/h9-13,16,19-21,23,30H,5-8,14-15H2,1-4H3,(H,27,31)(H,28,32)/t16-,19+,20-,21-,23+/m1/s1. The zero-order chi connectivity index (χ0) is 24.1. The van der Waals surface area contributed by atoms with Gasteiger partial charge in [0.15, 0.2) is 0 Å². The maximum absolute atomic E-state index is 13.6. The Labute approximate surface area is 196 Å². The number of nitrogens with one attached hydrogen (secondary N) is 2. The van der Waals surface area contributed by atoms with Crippen molar-refractivity contribution in [3.05, 3.63) is 41.5 Å². The first-order valence-corrected chi connectivity index (χ1v) is 12.0. The van der Waals surface area contributed by atoms with Gasteiger partial charge in [0.05, 0.1) is 11.8 Å². The van der Waals surface area contributed by atoms with Crippen LogP contribution in [-0.4, -0.2) is 54.0 Å². The zero-order valence-electron chi connectivity index (χ0n) is 20.1. The number of hydrogen-bond acceptors (Lipinski definition) is 4. The molecule has 0 bridgehead atoms. The van der Waals surface area contributed by atoms with Gasteiger partial charge in [0.2, 0.25) is 17.7 Å². The van der Waals surface area contributed by atoms with Crippen LogP contribution < -0.4 is 10.6 Å². The highest BCUT2D eigenvalue weighted by atomic mass is 16.3. The molecular formula is C26H37N3O4. The third kappa shape index (κ3) is 5.13. The minimum absolute atomic E-state index is 0.0815. The van der Waals surface area contributed by atoms with E-state index in [0.29, 0.717) is 6.54 Å². The molecule has 1 heterocycles. The molecule has 7 heteroatoms. The number of para-hydroxylation sites is 1. The van der Waals surface area contributed by atoms with Gasteiger partial charge in [-0.25, -0.2) is 0 Å². The summed E-state index contributed by atoms with van der Waals surface area (Å²) in [6.45, 7) is 6.47. The van der Waals surface area contributed by atoms with Gasteiger partial charge >= 0.3 is 0 Å². The summed E-state index contributed by atoms with van der Waals surface area (Å²) in [6.07, 6.45) is 7.17. The second-order valence-corrected chi connectivity index (χ2v) is 9.36. The van der Waals surface area contributed by atoms with Crippen LogP contribution in [0.5, 0.6) is 0 Å². The van der Waals surface area contributed by atoms with Crippen molar-refractivity contribution >= 4 is 23.4 Å². The fourth-order valence-electron chi connectivity index (χ4n) is 5.36. The topological polar surface area (TPSA) is 98.7 Å². The number of aliphatic hydroxyl groups is 1. The Morgan fingerprint density at radius 3 is 2.33 bits per heavy atom. The first-order valence-electron chi connectivity index (χ1n) is 12.0. The lowest BCUT2D eigenvalue weighted by Crippen LogP contribution is -2.45. The Bertz CT molecular complexity index is 893. The molecule has 5 atom stereocenters. The van der Waals surface area contributed by atoms with Gasteiger partial charge in [-0.3, -0.25) is 14.4 Å². The average Bonchev–Trinajstić information content (AvgIpc) is 3.07. The van der Waals surface area contributed by atoms with Crippen molar-refractivity contribution in [1.29, 1.82) is 0 Å². The van der Waals surface area contributed by atoms with E-state index < -0.39 is 17.9 Å². The van der Waals surface area contributed by atoms with Crippen molar-refractivity contribution in [3.63, 3.8) is 0 Å². The molecule has 3 rings (SSSR count). The summed E-state index contributed by atoms with van der Waals surface area (Å²) < 4.78 is 0. The average molecular weight is 456 g/mol. The summed E-state index contributed by atoms with van der Waals surface area (Å²) in [5.74, 6) is -1.95. The van der Waals surface area contributed by atoms with E-state index in [1.807, 2.05) is 51.1 Å². The van der Waals surface area contributed by atoms with Crippen LogP contribution in [0.2, 0.25) is 0 Å². The SMILES string of the molecule is CNC(=O)[C@H]1[C@@H]2C(=O)N(CCCCCCO)[C@H](C(=O)Nc3c(C)cccc3C)[C@H]2C=C[C@H]1C. The molecule has 0 spiro atoms. The predicted molar refractivity (Wildman–Crippen MR) is 128 cm³/mol. The number of aliphatic hydroxyl groups excluding tert-OH is 1. The second kappa shape index (κ2) is 11.0. The normalized spacial score (nSPS) is 26.3. The molecule has 1 aromatic rings. The van der Waals surface area contributed by atoms with Gasteiger partial charge in [-0.1, -0.05) is 50.1 Å². The van der Waals surface area contributed by atoms with Crippen LogP contribution in [-0.2, 0) is 14.4 Å². The molecule has 180 valence electrons. The molecule has 1 fully saturated rings. The molecule has 1 aromatic carbocycles. The van der Waals surface area contributed by atoms with Gasteiger partial charge in [0.25, 0.3) is 0 Å². The van der Waals surface area contributed by atoms with Gasteiger partial charge in [-0.2, -0.15) is 0 Å². The number of likely N-dealkylation sites (tertiary alicyclic amines) is 1. The molecule has 1 saturated heterocycles. The number of fused-ring (bicyclic) bond motifs is 1. The number of amides is 3. The van der Waals surface area contributed by atoms with Crippen molar-refractivity contribution in [2.45, 2.75) is 52.5 Å². The Hall–Kier alpha value is -2.67. The van der Waals surface area contributed by atoms with Crippen LogP contribution in [0.1, 0.15) is 43.7 Å². The minimum Gasteiger partial charge on any atom is -0.396 e. The number of carbonyl (C=O) groups is 3.